The van der Waals surface area contributed by atoms with Crippen LogP contribution in [-0.4, -0.2) is 17.6 Å². The van der Waals surface area contributed by atoms with Crippen molar-refractivity contribution in [2.75, 3.05) is 0 Å². The van der Waals surface area contributed by atoms with Gasteiger partial charge in [0.05, 0.1) is 6.20 Å². The van der Waals surface area contributed by atoms with Gasteiger partial charge in [-0.15, -0.1) is 13.2 Å². The van der Waals surface area contributed by atoms with E-state index in [1.54, 1.807) is 22.6 Å². The van der Waals surface area contributed by atoms with Crippen molar-refractivity contribution < 1.29 is 22.7 Å². The van der Waals surface area contributed by atoms with Gasteiger partial charge < -0.3 is 4.74 Å². The van der Waals surface area contributed by atoms with Crippen LogP contribution in [0.1, 0.15) is 16.1 Å². The Morgan fingerprint density at radius 1 is 1.53 bits per heavy atom. The second-order valence-corrected chi connectivity index (χ2v) is 3.69. The van der Waals surface area contributed by atoms with Crippen LogP contribution in [0.4, 0.5) is 13.2 Å². The molecule has 0 atom stereocenters. The second-order valence-electron chi connectivity index (χ2n) is 2.61. The van der Waals surface area contributed by atoms with Crippen molar-refractivity contribution in [3.05, 3.63) is 21.0 Å². The van der Waals surface area contributed by atoms with Gasteiger partial charge in [0.1, 0.15) is 5.69 Å². The maximum atomic E-state index is 11.9. The largest absolute Gasteiger partial charge is 0.573 e. The number of nitrogens with zero attached hydrogens (tertiary/aromatic N) is 1. The quantitative estimate of drug-likeness (QED) is 0.618. The molecule has 1 aromatic heterocycles. The molecule has 0 amide bonds. The molecule has 1 heterocycles. The molecule has 82 valence electrons. The predicted octanol–water partition coefficient (Wildman–Crippen LogP) is 2.71. The van der Waals surface area contributed by atoms with E-state index in [-0.39, 0.29) is 11.3 Å². The molecule has 0 bridgehead atoms. The summed E-state index contributed by atoms with van der Waals surface area (Å²) < 4.78 is 39.8. The Morgan fingerprint density at radius 2 is 2.13 bits per heavy atom. The first-order valence-electron chi connectivity index (χ1n) is 3.71. The van der Waals surface area contributed by atoms with Crippen molar-refractivity contribution in [2.24, 2.45) is 0 Å². The molecule has 1 rings (SSSR count). The molecule has 0 spiro atoms. The minimum Gasteiger partial charge on any atom is -0.404 e. The minimum atomic E-state index is -4.75. The zero-order chi connectivity index (χ0) is 11.6. The molecule has 0 aromatic carbocycles. The fourth-order valence-corrected chi connectivity index (χ4v) is 1.42. The molecule has 0 aliphatic rings. The number of aromatic nitrogens is 1. The number of aldehydes is 1. The fourth-order valence-electron chi connectivity index (χ4n) is 0.892. The van der Waals surface area contributed by atoms with Gasteiger partial charge in [0, 0.05) is 9.13 Å². The lowest BCUT2D eigenvalue weighted by Gasteiger charge is -2.12. The summed E-state index contributed by atoms with van der Waals surface area (Å²) in [5.41, 5.74) is 0.340. The molecule has 7 heteroatoms. The Labute approximate surface area is 96.8 Å². The van der Waals surface area contributed by atoms with E-state index in [1.807, 2.05) is 0 Å². The van der Waals surface area contributed by atoms with Gasteiger partial charge in [-0.3, -0.25) is 4.79 Å². The van der Waals surface area contributed by atoms with Crippen LogP contribution in [-0.2, 0) is 0 Å². The lowest BCUT2D eigenvalue weighted by atomic mass is 10.2. The molecule has 0 saturated carbocycles. The number of hydrogen-bond donors (Lipinski definition) is 0. The molecule has 0 aliphatic heterocycles. The zero-order valence-electron chi connectivity index (χ0n) is 7.43. The molecule has 0 aliphatic carbocycles. The SMILES string of the molecule is Cc1c(OC(F)(F)F)cnc(C=O)c1I. The van der Waals surface area contributed by atoms with Crippen LogP contribution in [0.3, 0.4) is 0 Å². The average Bonchev–Trinajstić information content (AvgIpc) is 2.11. The molecule has 0 N–H and O–H groups in total. The molecular formula is C8H5F3INO2. The Bertz CT molecular complexity index is 392. The summed E-state index contributed by atoms with van der Waals surface area (Å²) in [6, 6.07) is 0. The summed E-state index contributed by atoms with van der Waals surface area (Å²) in [5, 5.41) is 0. The molecule has 0 radical (unpaired) electrons. The summed E-state index contributed by atoms with van der Waals surface area (Å²) >= 11 is 1.74. The summed E-state index contributed by atoms with van der Waals surface area (Å²) in [5.74, 6) is -0.391. The minimum absolute atomic E-state index is 0.0997. The monoisotopic (exact) mass is 331 g/mol. The molecule has 15 heavy (non-hydrogen) atoms. The van der Waals surface area contributed by atoms with E-state index < -0.39 is 12.1 Å². The molecule has 0 unspecified atom stereocenters. The van der Waals surface area contributed by atoms with Crippen molar-refractivity contribution in [3.8, 4) is 5.75 Å². The number of alkyl halides is 3. The highest BCUT2D eigenvalue weighted by atomic mass is 127. The lowest BCUT2D eigenvalue weighted by molar-refractivity contribution is -0.275. The third-order valence-electron chi connectivity index (χ3n) is 1.58. The van der Waals surface area contributed by atoms with Crippen LogP contribution in [0, 0.1) is 10.5 Å². The summed E-state index contributed by atoms with van der Waals surface area (Å²) in [4.78, 5) is 14.0. The van der Waals surface area contributed by atoms with Gasteiger partial charge in [-0.1, -0.05) is 0 Å². The van der Waals surface area contributed by atoms with Gasteiger partial charge in [-0.2, -0.15) is 0 Å². The van der Waals surface area contributed by atoms with Crippen molar-refractivity contribution in [1.29, 1.82) is 0 Å². The molecule has 1 aromatic rings. The van der Waals surface area contributed by atoms with Crippen LogP contribution < -0.4 is 4.74 Å². The third kappa shape index (κ3) is 3.05. The highest BCUT2D eigenvalue weighted by Gasteiger charge is 2.32. The fraction of sp³-hybridized carbons (Fsp3) is 0.250. The van der Waals surface area contributed by atoms with Crippen molar-refractivity contribution in [2.45, 2.75) is 13.3 Å². The first-order valence-corrected chi connectivity index (χ1v) is 4.79. The number of hydrogen-bond acceptors (Lipinski definition) is 3. The van der Waals surface area contributed by atoms with E-state index in [0.29, 0.717) is 9.86 Å². The highest BCUT2D eigenvalue weighted by molar-refractivity contribution is 14.1. The smallest absolute Gasteiger partial charge is 0.404 e. The van der Waals surface area contributed by atoms with E-state index in [1.165, 1.54) is 6.92 Å². The molecule has 0 saturated heterocycles. The number of ether oxygens (including phenoxy) is 1. The van der Waals surface area contributed by atoms with Gasteiger partial charge in [-0.25, -0.2) is 4.98 Å². The standard InChI is InChI=1S/C8H5F3INO2/c1-4-6(15-8(9,10)11)2-13-5(3-14)7(4)12/h2-3H,1H3. The zero-order valence-corrected chi connectivity index (χ0v) is 9.59. The topological polar surface area (TPSA) is 39.2 Å². The summed E-state index contributed by atoms with van der Waals surface area (Å²) in [6.07, 6.45) is -3.39. The van der Waals surface area contributed by atoms with E-state index in [0.717, 1.165) is 6.20 Å². The van der Waals surface area contributed by atoms with E-state index in [9.17, 15) is 18.0 Å². The van der Waals surface area contributed by atoms with E-state index >= 15 is 0 Å². The summed E-state index contributed by atoms with van der Waals surface area (Å²) in [6.45, 7) is 1.43. The van der Waals surface area contributed by atoms with Gasteiger partial charge >= 0.3 is 6.36 Å². The lowest BCUT2D eigenvalue weighted by Crippen LogP contribution is -2.18. The van der Waals surface area contributed by atoms with Crippen LogP contribution in [0.2, 0.25) is 0 Å². The van der Waals surface area contributed by atoms with Gasteiger partial charge in [0.25, 0.3) is 0 Å². The number of pyridine rings is 1. The molecule has 0 fully saturated rings. The Hall–Kier alpha value is -0.860. The Morgan fingerprint density at radius 3 is 2.60 bits per heavy atom. The second kappa shape index (κ2) is 4.33. The van der Waals surface area contributed by atoms with Crippen molar-refractivity contribution >= 4 is 28.9 Å². The first-order chi connectivity index (χ1) is 6.85. The molecular weight excluding hydrogens is 326 g/mol. The number of halogens is 4. The van der Waals surface area contributed by atoms with Crippen molar-refractivity contribution in [1.82, 2.24) is 4.98 Å². The van der Waals surface area contributed by atoms with Crippen LogP contribution >= 0.6 is 22.6 Å². The number of carbonyl (C=O) groups excluding carboxylic acids is 1. The Balaban J connectivity index is 3.12. The van der Waals surface area contributed by atoms with E-state index in [2.05, 4.69) is 9.72 Å². The number of rotatable bonds is 2. The Kier molecular flexibility index (Phi) is 3.53. The van der Waals surface area contributed by atoms with Gasteiger partial charge in [-0.05, 0) is 29.5 Å². The summed E-state index contributed by atoms with van der Waals surface area (Å²) in [7, 11) is 0. The highest BCUT2D eigenvalue weighted by Crippen LogP contribution is 2.28. The van der Waals surface area contributed by atoms with Crippen LogP contribution in [0.15, 0.2) is 6.20 Å². The van der Waals surface area contributed by atoms with Crippen LogP contribution in [0.5, 0.6) is 5.75 Å². The average molecular weight is 331 g/mol. The number of carbonyl (C=O) groups is 1. The van der Waals surface area contributed by atoms with Crippen molar-refractivity contribution in [3.63, 3.8) is 0 Å². The third-order valence-corrected chi connectivity index (χ3v) is 2.94. The van der Waals surface area contributed by atoms with E-state index in [4.69, 9.17) is 0 Å². The first kappa shape index (κ1) is 12.2. The van der Waals surface area contributed by atoms with Gasteiger partial charge in [0.15, 0.2) is 12.0 Å². The maximum absolute atomic E-state index is 11.9. The predicted molar refractivity (Wildman–Crippen MR) is 53.8 cm³/mol. The van der Waals surface area contributed by atoms with Gasteiger partial charge in [0.2, 0.25) is 0 Å². The van der Waals surface area contributed by atoms with Crippen LogP contribution in [0.25, 0.3) is 0 Å². The normalized spacial score (nSPS) is 11.3. The molecule has 3 nitrogen and oxygen atoms in total. The maximum Gasteiger partial charge on any atom is 0.573 e.